The summed E-state index contributed by atoms with van der Waals surface area (Å²) in [4.78, 5) is 0. The number of unbranched alkanes of at least 4 members (excludes halogenated alkanes) is 7. The molecule has 0 heterocycles. The van der Waals surface area contributed by atoms with Crippen molar-refractivity contribution >= 4 is 5.69 Å². The van der Waals surface area contributed by atoms with Crippen LogP contribution >= 0.6 is 0 Å². The maximum absolute atomic E-state index is 3.70. The van der Waals surface area contributed by atoms with Crippen LogP contribution in [-0.4, -0.2) is 6.54 Å². The lowest BCUT2D eigenvalue weighted by atomic mass is 9.66. The summed E-state index contributed by atoms with van der Waals surface area (Å²) in [5.74, 6) is 0. The van der Waals surface area contributed by atoms with Crippen molar-refractivity contribution in [1.82, 2.24) is 0 Å². The summed E-state index contributed by atoms with van der Waals surface area (Å²) in [6, 6.07) is 7.34. The average Bonchev–Trinajstić information content (AvgIpc) is 2.69. The molecule has 0 amide bonds. The number of nitrogens with one attached hydrogen (secondary N) is 1. The highest BCUT2D eigenvalue weighted by Gasteiger charge is 2.33. The number of rotatable bonds is 13. The number of aryl methyl sites for hydroxylation is 1. The van der Waals surface area contributed by atoms with Gasteiger partial charge in [-0.25, -0.2) is 0 Å². The van der Waals surface area contributed by atoms with Crippen LogP contribution in [0.15, 0.2) is 18.2 Å². The predicted octanol–water partition coefficient (Wildman–Crippen LogP) is 8.55. The maximum atomic E-state index is 3.70. The first-order valence-corrected chi connectivity index (χ1v) is 12.1. The second-order valence-electron chi connectivity index (χ2n) is 9.02. The Bertz CT molecular complexity index is 513. The molecule has 0 aromatic heterocycles. The van der Waals surface area contributed by atoms with Crippen molar-refractivity contribution in [2.24, 2.45) is 0 Å². The number of hydrogen-bond acceptors (Lipinski definition) is 1. The minimum absolute atomic E-state index is 0.468. The molecule has 2 rings (SSSR count). The molecule has 0 bridgehead atoms. The molecule has 0 spiro atoms. The second-order valence-corrected chi connectivity index (χ2v) is 9.02. The van der Waals surface area contributed by atoms with E-state index in [0.717, 1.165) is 6.54 Å². The third-order valence-electron chi connectivity index (χ3n) is 6.75. The van der Waals surface area contributed by atoms with Gasteiger partial charge in [-0.1, -0.05) is 96.6 Å². The Kier molecular flexibility index (Phi) is 10.3. The fourth-order valence-electron chi connectivity index (χ4n) is 4.95. The highest BCUT2D eigenvalue weighted by molar-refractivity contribution is 5.53. The largest absolute Gasteiger partial charge is 0.385 e. The number of hydrogen-bond donors (Lipinski definition) is 1. The zero-order chi connectivity index (χ0) is 19.4. The van der Waals surface area contributed by atoms with Gasteiger partial charge in [-0.2, -0.15) is 0 Å². The van der Waals surface area contributed by atoms with E-state index in [0.29, 0.717) is 5.41 Å². The van der Waals surface area contributed by atoms with Crippen molar-refractivity contribution in [2.75, 3.05) is 11.9 Å². The fraction of sp³-hybridized carbons (Fsp3) is 0.769. The molecule has 0 aliphatic heterocycles. The van der Waals surface area contributed by atoms with Crippen molar-refractivity contribution in [3.8, 4) is 0 Å². The van der Waals surface area contributed by atoms with Gasteiger partial charge in [0.1, 0.15) is 0 Å². The van der Waals surface area contributed by atoms with Crippen LogP contribution in [0.25, 0.3) is 0 Å². The molecular formula is C26H45N. The van der Waals surface area contributed by atoms with Crippen molar-refractivity contribution in [3.63, 3.8) is 0 Å². The van der Waals surface area contributed by atoms with Crippen molar-refractivity contribution in [2.45, 2.75) is 122 Å². The molecule has 154 valence electrons. The lowest BCUT2D eigenvalue weighted by Gasteiger charge is -2.38. The van der Waals surface area contributed by atoms with Gasteiger partial charge in [0.15, 0.2) is 0 Å². The summed E-state index contributed by atoms with van der Waals surface area (Å²) in [6.07, 6.45) is 20.8. The zero-order valence-corrected chi connectivity index (χ0v) is 18.5. The van der Waals surface area contributed by atoms with Gasteiger partial charge in [-0.15, -0.1) is 0 Å². The lowest BCUT2D eigenvalue weighted by Crippen LogP contribution is -2.29. The fourth-order valence-corrected chi connectivity index (χ4v) is 4.95. The molecule has 27 heavy (non-hydrogen) atoms. The Morgan fingerprint density at radius 2 is 1.48 bits per heavy atom. The van der Waals surface area contributed by atoms with E-state index in [4.69, 9.17) is 0 Å². The lowest BCUT2D eigenvalue weighted by molar-refractivity contribution is 0.266. The minimum Gasteiger partial charge on any atom is -0.385 e. The quantitative estimate of drug-likeness (QED) is 0.342. The molecule has 1 aliphatic carbocycles. The van der Waals surface area contributed by atoms with Gasteiger partial charge in [0.2, 0.25) is 0 Å². The topological polar surface area (TPSA) is 12.0 Å². The summed E-state index contributed by atoms with van der Waals surface area (Å²) in [7, 11) is 0. The van der Waals surface area contributed by atoms with Crippen LogP contribution < -0.4 is 5.32 Å². The van der Waals surface area contributed by atoms with E-state index in [1.807, 2.05) is 0 Å². The van der Waals surface area contributed by atoms with E-state index in [2.05, 4.69) is 44.3 Å². The highest BCUT2D eigenvalue weighted by atomic mass is 14.9. The Morgan fingerprint density at radius 3 is 2.19 bits per heavy atom. The molecule has 1 heteroatoms. The summed E-state index contributed by atoms with van der Waals surface area (Å²) in [6.45, 7) is 8.03. The van der Waals surface area contributed by atoms with Gasteiger partial charge in [0, 0.05) is 12.2 Å². The standard InChI is InChI=1S/C26H45N/c1-4-6-8-9-10-15-21-27-25-17-16-24(22-23(25)3)26(18-12-7-5-2)19-13-11-14-20-26/h16-17,22,27H,4-15,18-21H2,1-3H3. The maximum Gasteiger partial charge on any atom is 0.0370 e. The third kappa shape index (κ3) is 7.16. The SMILES string of the molecule is CCCCCCCCNc1ccc(C2(CCCCC)CCCCC2)cc1C. The molecule has 1 aromatic rings. The first kappa shape index (κ1) is 22.3. The monoisotopic (exact) mass is 371 g/mol. The Morgan fingerprint density at radius 1 is 0.815 bits per heavy atom. The van der Waals surface area contributed by atoms with Crippen LogP contribution in [0.2, 0.25) is 0 Å². The van der Waals surface area contributed by atoms with Gasteiger partial charge >= 0.3 is 0 Å². The highest BCUT2D eigenvalue weighted by Crippen LogP contribution is 2.44. The van der Waals surface area contributed by atoms with Crippen molar-refractivity contribution in [3.05, 3.63) is 29.3 Å². The van der Waals surface area contributed by atoms with E-state index >= 15 is 0 Å². The van der Waals surface area contributed by atoms with E-state index in [9.17, 15) is 0 Å². The molecule has 0 saturated heterocycles. The Balaban J connectivity index is 1.90. The third-order valence-corrected chi connectivity index (χ3v) is 6.75. The average molecular weight is 372 g/mol. The molecule has 1 N–H and O–H groups in total. The minimum atomic E-state index is 0.468. The summed E-state index contributed by atoms with van der Waals surface area (Å²) in [5.41, 5.74) is 4.89. The molecule has 1 fully saturated rings. The molecule has 1 aliphatic rings. The molecule has 0 unspecified atom stereocenters. The number of benzene rings is 1. The van der Waals surface area contributed by atoms with Crippen LogP contribution in [0.3, 0.4) is 0 Å². The Labute approximate surface area is 169 Å². The molecule has 1 nitrogen and oxygen atoms in total. The molecular weight excluding hydrogens is 326 g/mol. The van der Waals surface area contributed by atoms with E-state index in [1.165, 1.54) is 108 Å². The van der Waals surface area contributed by atoms with Crippen LogP contribution in [0, 0.1) is 6.92 Å². The Hall–Kier alpha value is -0.980. The van der Waals surface area contributed by atoms with Crippen LogP contribution in [-0.2, 0) is 5.41 Å². The van der Waals surface area contributed by atoms with Crippen LogP contribution in [0.5, 0.6) is 0 Å². The summed E-state index contributed by atoms with van der Waals surface area (Å²) >= 11 is 0. The second kappa shape index (κ2) is 12.5. The van der Waals surface area contributed by atoms with Crippen molar-refractivity contribution in [1.29, 1.82) is 0 Å². The molecule has 0 atom stereocenters. The molecule has 1 saturated carbocycles. The van der Waals surface area contributed by atoms with Gasteiger partial charge in [-0.3, -0.25) is 0 Å². The van der Waals surface area contributed by atoms with Gasteiger partial charge in [0.05, 0.1) is 0 Å². The van der Waals surface area contributed by atoms with Crippen LogP contribution in [0.4, 0.5) is 5.69 Å². The van der Waals surface area contributed by atoms with Crippen molar-refractivity contribution < 1.29 is 0 Å². The predicted molar refractivity (Wildman–Crippen MR) is 122 cm³/mol. The van der Waals surface area contributed by atoms with E-state index < -0.39 is 0 Å². The summed E-state index contributed by atoms with van der Waals surface area (Å²) in [5, 5.41) is 3.70. The number of anilines is 1. The first-order chi connectivity index (χ1) is 13.2. The normalized spacial score (nSPS) is 16.4. The van der Waals surface area contributed by atoms with Gasteiger partial charge in [-0.05, 0) is 55.2 Å². The summed E-state index contributed by atoms with van der Waals surface area (Å²) < 4.78 is 0. The van der Waals surface area contributed by atoms with Gasteiger partial charge in [0.25, 0.3) is 0 Å². The van der Waals surface area contributed by atoms with Gasteiger partial charge < -0.3 is 5.32 Å². The zero-order valence-electron chi connectivity index (χ0n) is 18.5. The first-order valence-electron chi connectivity index (χ1n) is 12.1. The molecule has 0 radical (unpaired) electrons. The van der Waals surface area contributed by atoms with E-state index in [-0.39, 0.29) is 0 Å². The smallest absolute Gasteiger partial charge is 0.0370 e. The molecule has 1 aromatic carbocycles. The van der Waals surface area contributed by atoms with Crippen LogP contribution in [0.1, 0.15) is 121 Å². The van der Waals surface area contributed by atoms with E-state index in [1.54, 1.807) is 5.56 Å².